The number of aliphatic hydroxyl groups excluding tert-OH is 1. The van der Waals surface area contributed by atoms with Crippen LogP contribution in [0.15, 0.2) is 41.7 Å². The van der Waals surface area contributed by atoms with Crippen molar-refractivity contribution in [3.63, 3.8) is 0 Å². The van der Waals surface area contributed by atoms with E-state index >= 15 is 0 Å². The number of rotatable bonds is 6. The molecule has 0 radical (unpaired) electrons. The summed E-state index contributed by atoms with van der Waals surface area (Å²) in [5.74, 6) is -0.972. The summed E-state index contributed by atoms with van der Waals surface area (Å²) in [6.07, 6.45) is 4.26. The minimum atomic E-state index is -1.01. The van der Waals surface area contributed by atoms with Gasteiger partial charge < -0.3 is 30.7 Å². The maximum absolute atomic E-state index is 11.5. The van der Waals surface area contributed by atoms with Gasteiger partial charge in [-0.15, -0.1) is 0 Å². The number of allylic oxidation sites excluding steroid dienone is 1. The number of nitrogens with one attached hydrogen (secondary N) is 3. The molecule has 1 saturated heterocycles. The lowest BCUT2D eigenvalue weighted by molar-refractivity contribution is -0.137. The molecule has 3 heterocycles. The number of carbonyl (C=O) groups is 1. The topological polar surface area (TPSA) is 98.5 Å². The molecule has 1 unspecified atom stereocenters. The Labute approximate surface area is 176 Å². The first-order valence-electron chi connectivity index (χ1n) is 10.6. The average molecular weight is 411 g/mol. The van der Waals surface area contributed by atoms with Gasteiger partial charge in [0.15, 0.2) is 0 Å². The van der Waals surface area contributed by atoms with E-state index in [1.54, 1.807) is 0 Å². The zero-order valence-corrected chi connectivity index (χ0v) is 17.5. The van der Waals surface area contributed by atoms with E-state index in [2.05, 4.69) is 45.8 Å². The lowest BCUT2D eigenvalue weighted by Crippen LogP contribution is -2.39. The predicted molar refractivity (Wildman–Crippen MR) is 118 cm³/mol. The summed E-state index contributed by atoms with van der Waals surface area (Å²) in [5.41, 5.74) is 4.65. The molecule has 0 saturated carbocycles. The van der Waals surface area contributed by atoms with E-state index in [1.165, 1.54) is 11.8 Å². The van der Waals surface area contributed by atoms with Crippen LogP contribution in [0, 0.1) is 0 Å². The summed E-state index contributed by atoms with van der Waals surface area (Å²) in [6, 6.07) is 7.91. The van der Waals surface area contributed by atoms with E-state index in [0.717, 1.165) is 54.5 Å². The molecule has 1 fully saturated rings. The van der Waals surface area contributed by atoms with Crippen LogP contribution < -0.4 is 16.0 Å². The lowest BCUT2D eigenvalue weighted by atomic mass is 9.96. The van der Waals surface area contributed by atoms with E-state index in [4.69, 9.17) is 0 Å². The van der Waals surface area contributed by atoms with E-state index in [1.807, 2.05) is 13.0 Å². The van der Waals surface area contributed by atoms with Gasteiger partial charge in [-0.25, -0.2) is 4.79 Å². The summed E-state index contributed by atoms with van der Waals surface area (Å²) < 4.78 is 2.20. The number of aromatic nitrogens is 1. The Hall–Kier alpha value is -2.77. The number of carboxylic acid groups (broad SMARTS) is 1. The number of nitrogens with zero attached hydrogens (tertiary/aromatic N) is 1. The van der Waals surface area contributed by atoms with E-state index < -0.39 is 12.0 Å². The molecular formula is C23H30N4O3. The first-order chi connectivity index (χ1) is 14.5. The second-order valence-corrected chi connectivity index (χ2v) is 8.09. The predicted octanol–water partition coefficient (Wildman–Crippen LogP) is 2.64. The monoisotopic (exact) mass is 410 g/mol. The minimum absolute atomic E-state index is 0.0404. The molecule has 160 valence electrons. The van der Waals surface area contributed by atoms with Gasteiger partial charge in [0.1, 0.15) is 11.8 Å². The SMILES string of the molecule is CCC1=C(c2ccc3c(c2)cc(CNC2CCNCC2)n3C)NC(C(=O)O)C=C1O. The lowest BCUT2D eigenvalue weighted by Gasteiger charge is -2.24. The summed E-state index contributed by atoms with van der Waals surface area (Å²) in [4.78, 5) is 11.5. The Bertz CT molecular complexity index is 1010. The van der Waals surface area contributed by atoms with Crippen molar-refractivity contribution >= 4 is 22.6 Å². The average Bonchev–Trinajstić information content (AvgIpc) is 3.07. The fraction of sp³-hybridized carbons (Fsp3) is 0.435. The molecule has 2 aromatic rings. The Morgan fingerprint density at radius 3 is 2.73 bits per heavy atom. The van der Waals surface area contributed by atoms with Gasteiger partial charge >= 0.3 is 5.97 Å². The largest absolute Gasteiger partial charge is 0.508 e. The van der Waals surface area contributed by atoms with Crippen molar-refractivity contribution < 1.29 is 15.0 Å². The summed E-state index contributed by atoms with van der Waals surface area (Å²) >= 11 is 0. The van der Waals surface area contributed by atoms with Crippen molar-refractivity contribution in [2.24, 2.45) is 7.05 Å². The third-order valence-corrected chi connectivity index (χ3v) is 6.20. The second-order valence-electron chi connectivity index (χ2n) is 8.09. The zero-order chi connectivity index (χ0) is 21.3. The number of hydrogen-bond acceptors (Lipinski definition) is 5. The number of piperidine rings is 1. The number of aliphatic hydroxyl groups is 1. The molecule has 0 amide bonds. The van der Waals surface area contributed by atoms with Gasteiger partial charge in [-0.1, -0.05) is 13.0 Å². The molecule has 7 nitrogen and oxygen atoms in total. The summed E-state index contributed by atoms with van der Waals surface area (Å²) in [7, 11) is 2.08. The molecule has 2 aliphatic heterocycles. The first-order valence-corrected chi connectivity index (χ1v) is 10.6. The molecule has 1 aromatic heterocycles. The van der Waals surface area contributed by atoms with Crippen LogP contribution in [0.3, 0.4) is 0 Å². The van der Waals surface area contributed by atoms with Crippen LogP contribution in [-0.4, -0.2) is 45.9 Å². The van der Waals surface area contributed by atoms with Gasteiger partial charge in [0.2, 0.25) is 0 Å². The molecule has 5 N–H and O–H groups in total. The molecule has 1 atom stereocenters. The summed E-state index contributed by atoms with van der Waals surface area (Å²) in [5, 5.41) is 31.0. The van der Waals surface area contributed by atoms with Crippen molar-refractivity contribution in [3.05, 3.63) is 52.9 Å². The van der Waals surface area contributed by atoms with E-state index in [-0.39, 0.29) is 5.76 Å². The molecule has 7 heteroatoms. The quantitative estimate of drug-likeness (QED) is 0.502. The van der Waals surface area contributed by atoms with E-state index in [0.29, 0.717) is 18.2 Å². The molecule has 0 aliphatic carbocycles. The van der Waals surface area contributed by atoms with Crippen LogP contribution >= 0.6 is 0 Å². The minimum Gasteiger partial charge on any atom is -0.508 e. The Morgan fingerprint density at radius 2 is 2.03 bits per heavy atom. The second kappa shape index (κ2) is 8.53. The third-order valence-electron chi connectivity index (χ3n) is 6.20. The van der Waals surface area contributed by atoms with Crippen LogP contribution in [0.4, 0.5) is 0 Å². The van der Waals surface area contributed by atoms with Gasteiger partial charge in [-0.3, -0.25) is 0 Å². The fourth-order valence-corrected chi connectivity index (χ4v) is 4.43. The number of aryl methyl sites for hydroxylation is 1. The highest BCUT2D eigenvalue weighted by Gasteiger charge is 2.26. The number of fused-ring (bicyclic) bond motifs is 1. The number of dihydropyridines is 1. The van der Waals surface area contributed by atoms with Crippen LogP contribution in [0.2, 0.25) is 0 Å². The van der Waals surface area contributed by atoms with Crippen molar-refractivity contribution in [1.82, 2.24) is 20.5 Å². The van der Waals surface area contributed by atoms with E-state index in [9.17, 15) is 15.0 Å². The molecule has 0 spiro atoms. The van der Waals surface area contributed by atoms with Crippen LogP contribution in [0.25, 0.3) is 16.6 Å². The molecule has 30 heavy (non-hydrogen) atoms. The van der Waals surface area contributed by atoms with Gasteiger partial charge in [-0.05, 0) is 62.2 Å². The van der Waals surface area contributed by atoms with Crippen molar-refractivity contribution in [3.8, 4) is 0 Å². The van der Waals surface area contributed by atoms with Gasteiger partial charge in [0.25, 0.3) is 0 Å². The highest BCUT2D eigenvalue weighted by atomic mass is 16.4. The molecular weight excluding hydrogens is 380 g/mol. The molecule has 0 bridgehead atoms. The maximum atomic E-state index is 11.5. The number of aliphatic carboxylic acids is 1. The standard InChI is InChI=1S/C23H30N4O3/c1-3-18-21(28)12-19(23(29)30)26-22(18)14-4-5-20-15(10-14)11-17(27(20)2)13-25-16-6-8-24-9-7-16/h4-5,10-12,16,19,24-26,28H,3,6-9,13H2,1-2H3,(H,29,30). The third kappa shape index (κ3) is 3.95. The van der Waals surface area contributed by atoms with Gasteiger partial charge in [0.05, 0.1) is 0 Å². The number of carboxylic acids is 1. The Morgan fingerprint density at radius 1 is 1.27 bits per heavy atom. The Balaban J connectivity index is 1.62. The molecule has 2 aliphatic rings. The van der Waals surface area contributed by atoms with Crippen LogP contribution in [0.5, 0.6) is 0 Å². The van der Waals surface area contributed by atoms with Crippen LogP contribution in [-0.2, 0) is 18.4 Å². The molecule has 4 rings (SSSR count). The smallest absolute Gasteiger partial charge is 0.330 e. The highest BCUT2D eigenvalue weighted by Crippen LogP contribution is 2.30. The maximum Gasteiger partial charge on any atom is 0.330 e. The van der Waals surface area contributed by atoms with Gasteiger partial charge in [0, 0.05) is 47.5 Å². The van der Waals surface area contributed by atoms with Crippen LogP contribution in [0.1, 0.15) is 37.4 Å². The van der Waals surface area contributed by atoms with Gasteiger partial charge in [-0.2, -0.15) is 0 Å². The normalized spacial score (nSPS) is 20.3. The first kappa shape index (κ1) is 20.5. The highest BCUT2D eigenvalue weighted by molar-refractivity contribution is 5.88. The number of benzene rings is 1. The van der Waals surface area contributed by atoms with Crippen molar-refractivity contribution in [1.29, 1.82) is 0 Å². The summed E-state index contributed by atoms with van der Waals surface area (Å²) in [6.45, 7) is 4.90. The Kier molecular flexibility index (Phi) is 5.83. The van der Waals surface area contributed by atoms with Crippen molar-refractivity contribution in [2.45, 2.75) is 44.8 Å². The van der Waals surface area contributed by atoms with Crippen molar-refractivity contribution in [2.75, 3.05) is 13.1 Å². The molecule has 1 aromatic carbocycles. The fourth-order valence-electron chi connectivity index (χ4n) is 4.43. The number of hydrogen-bond donors (Lipinski definition) is 5. The zero-order valence-electron chi connectivity index (χ0n) is 17.5.